The van der Waals surface area contributed by atoms with Crippen molar-refractivity contribution in [1.82, 2.24) is 0 Å². The van der Waals surface area contributed by atoms with Crippen LogP contribution in [0.2, 0.25) is 0 Å². The Kier molecular flexibility index (Phi) is 2.21. The van der Waals surface area contributed by atoms with Gasteiger partial charge in [0.15, 0.2) is 0 Å². The van der Waals surface area contributed by atoms with Gasteiger partial charge in [-0.05, 0) is 12.2 Å². The van der Waals surface area contributed by atoms with Crippen LogP contribution in [0.3, 0.4) is 0 Å². The van der Waals surface area contributed by atoms with Crippen molar-refractivity contribution in [3.05, 3.63) is 0 Å². The summed E-state index contributed by atoms with van der Waals surface area (Å²) in [5, 5.41) is 17.5. The average molecular weight is 162 g/mol. The highest BCUT2D eigenvalue weighted by atomic mass is 32.2. The highest BCUT2D eigenvalue weighted by Gasteiger charge is 2.41. The molecule has 2 N–H and O–H groups in total. The van der Waals surface area contributed by atoms with E-state index in [0.717, 1.165) is 5.75 Å². The molecular weight excluding hydrogens is 152 g/mol. The molecule has 1 aliphatic heterocycles. The van der Waals surface area contributed by atoms with Crippen LogP contribution >= 0.6 is 11.8 Å². The minimum atomic E-state index is -0.861. The molecule has 1 atom stereocenters. The number of thioether (sulfide) groups is 1. The predicted molar refractivity (Wildman–Crippen MR) is 39.1 cm³/mol. The molecule has 1 heterocycles. The smallest absolute Gasteiger partial charge is 0.312 e. The second-order valence-corrected chi connectivity index (χ2v) is 3.65. The van der Waals surface area contributed by atoms with Crippen molar-refractivity contribution in [2.75, 3.05) is 18.1 Å². The Labute approximate surface area is 63.4 Å². The highest BCUT2D eigenvalue weighted by Crippen LogP contribution is 2.35. The SMILES string of the molecule is O=C(O)C1(CO)CCSC1. The van der Waals surface area contributed by atoms with Gasteiger partial charge in [0.2, 0.25) is 0 Å². The van der Waals surface area contributed by atoms with Crippen LogP contribution in [0.1, 0.15) is 6.42 Å². The Hall–Kier alpha value is -0.220. The normalized spacial score (nSPS) is 32.5. The minimum absolute atomic E-state index is 0.227. The van der Waals surface area contributed by atoms with Crippen LogP contribution in [-0.2, 0) is 4.79 Å². The van der Waals surface area contributed by atoms with Crippen LogP contribution in [0.5, 0.6) is 0 Å². The average Bonchev–Trinajstić information content (AvgIpc) is 2.35. The summed E-state index contributed by atoms with van der Waals surface area (Å²) in [5.41, 5.74) is -0.829. The predicted octanol–water partition coefficient (Wildman–Crippen LogP) is 0.187. The van der Waals surface area contributed by atoms with Crippen LogP contribution < -0.4 is 0 Å². The van der Waals surface area contributed by atoms with Crippen molar-refractivity contribution in [2.45, 2.75) is 6.42 Å². The van der Waals surface area contributed by atoms with E-state index in [1.165, 1.54) is 0 Å². The number of carbonyl (C=O) groups is 1. The Balaban J connectivity index is 2.67. The van der Waals surface area contributed by atoms with E-state index in [9.17, 15) is 4.79 Å². The van der Waals surface area contributed by atoms with Crippen LogP contribution in [-0.4, -0.2) is 34.3 Å². The van der Waals surface area contributed by atoms with Gasteiger partial charge in [-0.2, -0.15) is 11.8 Å². The number of rotatable bonds is 2. The Morgan fingerprint density at radius 1 is 1.70 bits per heavy atom. The first-order valence-electron chi connectivity index (χ1n) is 3.13. The molecule has 1 unspecified atom stereocenters. The summed E-state index contributed by atoms with van der Waals surface area (Å²) in [7, 11) is 0. The molecule has 0 bridgehead atoms. The van der Waals surface area contributed by atoms with Gasteiger partial charge >= 0.3 is 5.97 Å². The monoisotopic (exact) mass is 162 g/mol. The molecule has 0 aromatic rings. The van der Waals surface area contributed by atoms with Crippen LogP contribution in [0.25, 0.3) is 0 Å². The van der Waals surface area contributed by atoms with E-state index in [1.54, 1.807) is 11.8 Å². The second-order valence-electron chi connectivity index (χ2n) is 2.55. The lowest BCUT2D eigenvalue weighted by molar-refractivity contribution is -0.149. The molecule has 4 heteroatoms. The maximum Gasteiger partial charge on any atom is 0.312 e. The van der Waals surface area contributed by atoms with Gasteiger partial charge in [-0.3, -0.25) is 4.79 Å². The number of hydrogen-bond donors (Lipinski definition) is 2. The first-order chi connectivity index (χ1) is 4.71. The summed E-state index contributed by atoms with van der Waals surface area (Å²) >= 11 is 1.59. The number of carboxylic acids is 1. The maximum atomic E-state index is 10.6. The summed E-state index contributed by atoms with van der Waals surface area (Å²) < 4.78 is 0. The molecule has 0 aromatic carbocycles. The molecular formula is C6H10O3S. The van der Waals surface area contributed by atoms with Gasteiger partial charge < -0.3 is 10.2 Å². The molecule has 10 heavy (non-hydrogen) atoms. The third-order valence-corrected chi connectivity index (χ3v) is 3.11. The van der Waals surface area contributed by atoms with Crippen LogP contribution in [0.4, 0.5) is 0 Å². The molecule has 1 aliphatic rings. The Morgan fingerprint density at radius 3 is 2.60 bits per heavy atom. The fraction of sp³-hybridized carbons (Fsp3) is 0.833. The van der Waals surface area contributed by atoms with Gasteiger partial charge in [-0.1, -0.05) is 0 Å². The van der Waals surface area contributed by atoms with E-state index >= 15 is 0 Å². The number of carboxylic acid groups (broad SMARTS) is 1. The van der Waals surface area contributed by atoms with E-state index in [0.29, 0.717) is 12.2 Å². The summed E-state index contributed by atoms with van der Waals surface area (Å²) in [5.74, 6) is 0.547. The third-order valence-electron chi connectivity index (χ3n) is 1.86. The molecule has 1 rings (SSSR count). The largest absolute Gasteiger partial charge is 0.481 e. The number of aliphatic carboxylic acids is 1. The first-order valence-corrected chi connectivity index (χ1v) is 4.29. The molecule has 0 spiro atoms. The van der Waals surface area contributed by atoms with Gasteiger partial charge in [0, 0.05) is 5.75 Å². The van der Waals surface area contributed by atoms with Gasteiger partial charge in [0.05, 0.1) is 6.61 Å². The molecule has 0 amide bonds. The van der Waals surface area contributed by atoms with Crippen molar-refractivity contribution in [3.63, 3.8) is 0 Å². The topological polar surface area (TPSA) is 57.5 Å². The fourth-order valence-corrected chi connectivity index (χ4v) is 2.40. The molecule has 0 saturated carbocycles. The van der Waals surface area contributed by atoms with E-state index < -0.39 is 11.4 Å². The lowest BCUT2D eigenvalue weighted by Gasteiger charge is -2.18. The molecule has 3 nitrogen and oxygen atoms in total. The molecule has 0 radical (unpaired) electrons. The zero-order chi connectivity index (χ0) is 7.61. The van der Waals surface area contributed by atoms with Gasteiger partial charge in [-0.15, -0.1) is 0 Å². The first kappa shape index (κ1) is 7.88. The molecule has 1 fully saturated rings. The van der Waals surface area contributed by atoms with Crippen molar-refractivity contribution in [1.29, 1.82) is 0 Å². The highest BCUT2D eigenvalue weighted by molar-refractivity contribution is 7.99. The number of aliphatic hydroxyl groups is 1. The quantitative estimate of drug-likeness (QED) is 0.608. The lowest BCUT2D eigenvalue weighted by Crippen LogP contribution is -2.34. The summed E-state index contributed by atoms with van der Waals surface area (Å²) in [4.78, 5) is 10.6. The standard InChI is InChI=1S/C6H10O3S/c7-3-6(5(8)9)1-2-10-4-6/h7H,1-4H2,(H,8,9). The molecule has 0 aromatic heterocycles. The van der Waals surface area contributed by atoms with Gasteiger partial charge in [-0.25, -0.2) is 0 Å². The fourth-order valence-electron chi connectivity index (χ4n) is 0.968. The van der Waals surface area contributed by atoms with Crippen LogP contribution in [0.15, 0.2) is 0 Å². The van der Waals surface area contributed by atoms with E-state index in [-0.39, 0.29) is 6.61 Å². The maximum absolute atomic E-state index is 10.6. The van der Waals surface area contributed by atoms with Gasteiger partial charge in [0.25, 0.3) is 0 Å². The summed E-state index contributed by atoms with van der Waals surface area (Å²) in [6.45, 7) is -0.227. The molecule has 58 valence electrons. The van der Waals surface area contributed by atoms with Crippen molar-refractivity contribution in [3.8, 4) is 0 Å². The van der Waals surface area contributed by atoms with E-state index in [1.807, 2.05) is 0 Å². The second kappa shape index (κ2) is 2.80. The number of hydrogen-bond acceptors (Lipinski definition) is 3. The van der Waals surface area contributed by atoms with Crippen molar-refractivity contribution < 1.29 is 15.0 Å². The van der Waals surface area contributed by atoms with E-state index in [2.05, 4.69) is 0 Å². The molecule has 0 aliphatic carbocycles. The van der Waals surface area contributed by atoms with Crippen molar-refractivity contribution in [2.24, 2.45) is 5.41 Å². The minimum Gasteiger partial charge on any atom is -0.481 e. The van der Waals surface area contributed by atoms with E-state index in [4.69, 9.17) is 10.2 Å². The number of aliphatic hydroxyl groups excluding tert-OH is 1. The lowest BCUT2D eigenvalue weighted by atomic mass is 9.89. The summed E-state index contributed by atoms with van der Waals surface area (Å²) in [6, 6.07) is 0. The van der Waals surface area contributed by atoms with Crippen LogP contribution in [0, 0.1) is 5.41 Å². The zero-order valence-electron chi connectivity index (χ0n) is 5.54. The Morgan fingerprint density at radius 2 is 2.40 bits per heavy atom. The summed E-state index contributed by atoms with van der Waals surface area (Å²) in [6.07, 6.45) is 0.601. The Bertz CT molecular complexity index is 140. The molecule has 1 saturated heterocycles. The van der Waals surface area contributed by atoms with Gasteiger partial charge in [0.1, 0.15) is 5.41 Å². The van der Waals surface area contributed by atoms with Crippen molar-refractivity contribution >= 4 is 17.7 Å². The third kappa shape index (κ3) is 1.13. The zero-order valence-corrected chi connectivity index (χ0v) is 6.36.